The number of fused-ring (bicyclic) bond motifs is 1. The van der Waals surface area contributed by atoms with E-state index in [-0.39, 0.29) is 11.7 Å². The molecular formula is C16H16N2O2. The Kier molecular flexibility index (Phi) is 2.86. The Morgan fingerprint density at radius 1 is 1.20 bits per heavy atom. The lowest BCUT2D eigenvalue weighted by Crippen LogP contribution is -2.25. The number of benzene rings is 2. The van der Waals surface area contributed by atoms with Gasteiger partial charge in [0, 0.05) is 29.9 Å². The molecule has 0 aliphatic carbocycles. The highest BCUT2D eigenvalue weighted by Gasteiger charge is 2.25. The average molecular weight is 268 g/mol. The molecule has 0 aromatic heterocycles. The van der Waals surface area contributed by atoms with Gasteiger partial charge in [-0.1, -0.05) is 12.1 Å². The molecule has 1 heterocycles. The van der Waals surface area contributed by atoms with Crippen LogP contribution in [0.15, 0.2) is 36.4 Å². The van der Waals surface area contributed by atoms with E-state index < -0.39 is 0 Å². The number of hydrogen-bond acceptors (Lipinski definition) is 3. The van der Waals surface area contributed by atoms with Crippen molar-refractivity contribution in [2.75, 3.05) is 5.73 Å². The molecule has 0 bridgehead atoms. The van der Waals surface area contributed by atoms with Gasteiger partial charge in [0.2, 0.25) is 0 Å². The number of carbonyl (C=O) groups is 1. The molecule has 4 nitrogen and oxygen atoms in total. The second-order valence-electron chi connectivity index (χ2n) is 5.14. The minimum atomic E-state index is -0.0619. The summed E-state index contributed by atoms with van der Waals surface area (Å²) in [6, 6.07) is 10.8. The molecule has 0 saturated heterocycles. The fourth-order valence-corrected chi connectivity index (χ4v) is 2.58. The Morgan fingerprint density at radius 3 is 2.75 bits per heavy atom. The summed E-state index contributed by atoms with van der Waals surface area (Å²) in [5, 5.41) is 9.71. The van der Waals surface area contributed by atoms with Crippen LogP contribution < -0.4 is 5.73 Å². The second kappa shape index (κ2) is 4.56. The molecule has 1 amide bonds. The molecule has 2 aromatic rings. The summed E-state index contributed by atoms with van der Waals surface area (Å²) < 4.78 is 0. The number of amides is 1. The summed E-state index contributed by atoms with van der Waals surface area (Å²) in [7, 11) is 0. The first-order valence-corrected chi connectivity index (χ1v) is 6.51. The van der Waals surface area contributed by atoms with Crippen LogP contribution in [0.4, 0.5) is 5.69 Å². The molecule has 1 aliphatic rings. The maximum absolute atomic E-state index is 12.6. The van der Waals surface area contributed by atoms with Crippen molar-refractivity contribution in [3.05, 3.63) is 58.7 Å². The normalized spacial score (nSPS) is 13.3. The summed E-state index contributed by atoms with van der Waals surface area (Å²) in [4.78, 5) is 14.3. The third-order valence-corrected chi connectivity index (χ3v) is 3.78. The van der Waals surface area contributed by atoms with Crippen molar-refractivity contribution in [1.29, 1.82) is 0 Å². The minimum Gasteiger partial charge on any atom is -0.508 e. The van der Waals surface area contributed by atoms with E-state index in [2.05, 4.69) is 0 Å². The van der Waals surface area contributed by atoms with Crippen LogP contribution in [0.1, 0.15) is 27.0 Å². The van der Waals surface area contributed by atoms with Crippen molar-refractivity contribution in [3.63, 3.8) is 0 Å². The van der Waals surface area contributed by atoms with Crippen LogP contribution >= 0.6 is 0 Å². The van der Waals surface area contributed by atoms with Gasteiger partial charge in [0.05, 0.1) is 0 Å². The topological polar surface area (TPSA) is 66.6 Å². The zero-order chi connectivity index (χ0) is 14.3. The van der Waals surface area contributed by atoms with E-state index in [1.54, 1.807) is 30.0 Å². The number of hydrogen-bond donors (Lipinski definition) is 2. The molecule has 0 unspecified atom stereocenters. The van der Waals surface area contributed by atoms with Gasteiger partial charge in [-0.2, -0.15) is 0 Å². The van der Waals surface area contributed by atoms with Gasteiger partial charge in [-0.15, -0.1) is 0 Å². The second-order valence-corrected chi connectivity index (χ2v) is 5.14. The van der Waals surface area contributed by atoms with Gasteiger partial charge in [0.25, 0.3) is 5.91 Å². The fourth-order valence-electron chi connectivity index (χ4n) is 2.58. The number of aromatic hydroxyl groups is 1. The number of phenolic OH excluding ortho intramolecular Hbond substituents is 1. The molecule has 4 heteroatoms. The van der Waals surface area contributed by atoms with Crippen molar-refractivity contribution < 1.29 is 9.90 Å². The van der Waals surface area contributed by atoms with Crippen molar-refractivity contribution in [1.82, 2.24) is 4.90 Å². The van der Waals surface area contributed by atoms with E-state index in [1.165, 1.54) is 0 Å². The molecule has 0 saturated carbocycles. The van der Waals surface area contributed by atoms with Crippen molar-refractivity contribution in [2.45, 2.75) is 20.0 Å². The summed E-state index contributed by atoms with van der Waals surface area (Å²) >= 11 is 0. The first-order valence-electron chi connectivity index (χ1n) is 6.51. The molecule has 0 fully saturated rings. The Morgan fingerprint density at radius 2 is 1.95 bits per heavy atom. The van der Waals surface area contributed by atoms with Gasteiger partial charge in [-0.25, -0.2) is 0 Å². The van der Waals surface area contributed by atoms with E-state index in [9.17, 15) is 9.90 Å². The third-order valence-electron chi connectivity index (χ3n) is 3.78. The lowest BCUT2D eigenvalue weighted by Gasteiger charge is -2.17. The van der Waals surface area contributed by atoms with Crippen molar-refractivity contribution in [3.8, 4) is 5.75 Å². The third kappa shape index (κ3) is 1.99. The number of anilines is 1. The van der Waals surface area contributed by atoms with Gasteiger partial charge in [-0.3, -0.25) is 4.79 Å². The van der Waals surface area contributed by atoms with Crippen LogP contribution in [0, 0.1) is 6.92 Å². The highest BCUT2D eigenvalue weighted by Crippen LogP contribution is 2.28. The molecule has 0 radical (unpaired) electrons. The van der Waals surface area contributed by atoms with E-state index in [0.717, 1.165) is 11.1 Å². The van der Waals surface area contributed by atoms with E-state index >= 15 is 0 Å². The monoisotopic (exact) mass is 268 g/mol. The van der Waals surface area contributed by atoms with Crippen LogP contribution in [0.3, 0.4) is 0 Å². The predicted octanol–water partition coefficient (Wildman–Crippen LogP) is 2.44. The summed E-state index contributed by atoms with van der Waals surface area (Å²) in [5.41, 5.74) is 9.87. The number of nitrogen functional groups attached to an aromatic ring is 1. The van der Waals surface area contributed by atoms with Crippen LogP contribution in [0.25, 0.3) is 0 Å². The van der Waals surface area contributed by atoms with E-state index in [0.29, 0.717) is 29.9 Å². The van der Waals surface area contributed by atoms with E-state index in [1.807, 2.05) is 18.2 Å². The molecule has 3 N–H and O–H groups in total. The Labute approximate surface area is 117 Å². The first-order chi connectivity index (χ1) is 9.56. The Balaban J connectivity index is 1.89. The fraction of sp³-hybridized carbons (Fsp3) is 0.188. The summed E-state index contributed by atoms with van der Waals surface area (Å²) in [5.74, 6) is 0.0879. The predicted molar refractivity (Wildman–Crippen MR) is 77.3 cm³/mol. The summed E-state index contributed by atoms with van der Waals surface area (Å²) in [6.07, 6.45) is 0. The van der Waals surface area contributed by atoms with Crippen LogP contribution in [-0.4, -0.2) is 15.9 Å². The highest BCUT2D eigenvalue weighted by atomic mass is 16.3. The maximum Gasteiger partial charge on any atom is 0.254 e. The lowest BCUT2D eigenvalue weighted by atomic mass is 10.1. The lowest BCUT2D eigenvalue weighted by molar-refractivity contribution is 0.0750. The number of rotatable bonds is 1. The zero-order valence-electron chi connectivity index (χ0n) is 11.3. The van der Waals surface area contributed by atoms with Crippen LogP contribution in [-0.2, 0) is 13.1 Å². The molecule has 20 heavy (non-hydrogen) atoms. The molecule has 0 spiro atoms. The van der Waals surface area contributed by atoms with Crippen LogP contribution in [0.2, 0.25) is 0 Å². The SMILES string of the molecule is Cc1c(O)cccc1C(=O)N1Cc2ccc(N)cc2C1. The van der Waals surface area contributed by atoms with Gasteiger partial charge in [0.15, 0.2) is 0 Å². The van der Waals surface area contributed by atoms with Crippen molar-refractivity contribution >= 4 is 11.6 Å². The molecule has 1 aliphatic heterocycles. The molecule has 0 atom stereocenters. The van der Waals surface area contributed by atoms with Gasteiger partial charge in [0.1, 0.15) is 5.75 Å². The maximum atomic E-state index is 12.6. The minimum absolute atomic E-state index is 0.0619. The standard InChI is InChI=1S/C16H16N2O2/c1-10-14(3-2-4-15(10)19)16(20)18-8-11-5-6-13(17)7-12(11)9-18/h2-7,19H,8-9,17H2,1H3. The van der Waals surface area contributed by atoms with Gasteiger partial charge in [-0.05, 0) is 42.3 Å². The Hall–Kier alpha value is -2.49. The largest absolute Gasteiger partial charge is 0.508 e. The number of phenols is 1. The first kappa shape index (κ1) is 12.5. The molecule has 3 rings (SSSR count). The quantitative estimate of drug-likeness (QED) is 0.781. The van der Waals surface area contributed by atoms with Crippen molar-refractivity contribution in [2.24, 2.45) is 0 Å². The van der Waals surface area contributed by atoms with E-state index in [4.69, 9.17) is 5.73 Å². The van der Waals surface area contributed by atoms with Crippen LogP contribution in [0.5, 0.6) is 5.75 Å². The average Bonchev–Trinajstić information content (AvgIpc) is 2.84. The van der Waals surface area contributed by atoms with Gasteiger partial charge >= 0.3 is 0 Å². The smallest absolute Gasteiger partial charge is 0.254 e. The molecule has 2 aromatic carbocycles. The zero-order valence-corrected chi connectivity index (χ0v) is 11.3. The van der Waals surface area contributed by atoms with Gasteiger partial charge < -0.3 is 15.7 Å². The number of carbonyl (C=O) groups excluding carboxylic acids is 1. The highest BCUT2D eigenvalue weighted by molar-refractivity contribution is 5.96. The molecular weight excluding hydrogens is 252 g/mol. The molecule has 102 valence electrons. The summed E-state index contributed by atoms with van der Waals surface area (Å²) in [6.45, 7) is 2.90. The Bertz CT molecular complexity index is 695. The number of nitrogens with zero attached hydrogens (tertiary/aromatic N) is 1. The number of nitrogens with two attached hydrogens (primary N) is 1.